The lowest BCUT2D eigenvalue weighted by Gasteiger charge is -2.16. The van der Waals surface area contributed by atoms with E-state index in [9.17, 15) is 13.2 Å². The molecule has 1 unspecified atom stereocenters. The van der Waals surface area contributed by atoms with Gasteiger partial charge in [-0.3, -0.25) is 4.79 Å². The number of rotatable bonds is 8. The minimum absolute atomic E-state index is 0.0929. The minimum atomic E-state index is -3.59. The molecule has 0 aromatic heterocycles. The zero-order valence-corrected chi connectivity index (χ0v) is 16.3. The van der Waals surface area contributed by atoms with Gasteiger partial charge in [0.2, 0.25) is 15.9 Å². The van der Waals surface area contributed by atoms with Crippen LogP contribution in [0.15, 0.2) is 53.4 Å². The number of hydrogen-bond acceptors (Lipinski definition) is 3. The molecular formula is C20H26N2O3S. The van der Waals surface area contributed by atoms with E-state index in [1.807, 2.05) is 50.2 Å². The van der Waals surface area contributed by atoms with Crippen LogP contribution in [0.4, 0.5) is 0 Å². The third-order valence-corrected chi connectivity index (χ3v) is 5.88. The second-order valence-electron chi connectivity index (χ2n) is 6.33. The Morgan fingerprint density at radius 2 is 1.73 bits per heavy atom. The van der Waals surface area contributed by atoms with Gasteiger partial charge in [-0.05, 0) is 43.0 Å². The van der Waals surface area contributed by atoms with Crippen LogP contribution < -0.4 is 10.0 Å². The predicted molar refractivity (Wildman–Crippen MR) is 104 cm³/mol. The van der Waals surface area contributed by atoms with Gasteiger partial charge in [-0.25, -0.2) is 13.1 Å². The van der Waals surface area contributed by atoms with Gasteiger partial charge in [-0.1, -0.05) is 49.4 Å². The number of sulfonamides is 1. The second-order valence-corrected chi connectivity index (χ2v) is 8.06. The molecule has 6 heteroatoms. The van der Waals surface area contributed by atoms with E-state index in [-0.39, 0.29) is 29.8 Å². The van der Waals surface area contributed by atoms with Crippen molar-refractivity contribution in [2.24, 2.45) is 0 Å². The number of nitrogens with one attached hydrogen (secondary N) is 2. The Hall–Kier alpha value is -2.18. The Morgan fingerprint density at radius 1 is 1.04 bits per heavy atom. The fourth-order valence-corrected chi connectivity index (χ4v) is 4.19. The highest BCUT2D eigenvalue weighted by Crippen LogP contribution is 2.19. The average molecular weight is 375 g/mol. The first-order valence-electron chi connectivity index (χ1n) is 8.74. The molecule has 0 heterocycles. The molecule has 0 aliphatic rings. The van der Waals surface area contributed by atoms with E-state index in [0.717, 1.165) is 11.1 Å². The normalized spacial score (nSPS) is 12.6. The van der Waals surface area contributed by atoms with E-state index in [2.05, 4.69) is 10.0 Å². The van der Waals surface area contributed by atoms with E-state index in [1.54, 1.807) is 19.1 Å². The first-order chi connectivity index (χ1) is 12.3. The molecule has 2 N–H and O–H groups in total. The van der Waals surface area contributed by atoms with E-state index in [4.69, 9.17) is 0 Å². The Labute approximate surface area is 155 Å². The van der Waals surface area contributed by atoms with Crippen molar-refractivity contribution in [2.75, 3.05) is 13.1 Å². The molecule has 0 fully saturated rings. The summed E-state index contributed by atoms with van der Waals surface area (Å²) in [6, 6.07) is 14.9. The van der Waals surface area contributed by atoms with Gasteiger partial charge in [0.15, 0.2) is 0 Å². The molecule has 5 nitrogen and oxygen atoms in total. The lowest BCUT2D eigenvalue weighted by atomic mass is 9.96. The van der Waals surface area contributed by atoms with Crippen molar-refractivity contribution in [3.8, 4) is 0 Å². The molecule has 0 spiro atoms. The van der Waals surface area contributed by atoms with Crippen LogP contribution in [0.25, 0.3) is 0 Å². The van der Waals surface area contributed by atoms with Crippen LogP contribution in [-0.4, -0.2) is 27.4 Å². The predicted octanol–water partition coefficient (Wildman–Crippen LogP) is 2.89. The van der Waals surface area contributed by atoms with Gasteiger partial charge in [0.1, 0.15) is 0 Å². The van der Waals surface area contributed by atoms with Gasteiger partial charge < -0.3 is 5.32 Å². The molecule has 0 aliphatic heterocycles. The molecule has 1 atom stereocenters. The molecular weight excluding hydrogens is 348 g/mol. The molecule has 26 heavy (non-hydrogen) atoms. The molecule has 2 aromatic rings. The van der Waals surface area contributed by atoms with Crippen LogP contribution in [0.2, 0.25) is 0 Å². The zero-order valence-electron chi connectivity index (χ0n) is 15.5. The molecule has 0 aliphatic carbocycles. The molecule has 1 amide bonds. The maximum absolute atomic E-state index is 12.4. The van der Waals surface area contributed by atoms with Gasteiger partial charge in [0, 0.05) is 13.1 Å². The number of benzene rings is 2. The number of carbonyl (C=O) groups excluding carboxylic acids is 1. The average Bonchev–Trinajstić information content (AvgIpc) is 2.62. The topological polar surface area (TPSA) is 75.3 Å². The van der Waals surface area contributed by atoms with E-state index >= 15 is 0 Å². The molecule has 140 valence electrons. The number of hydrogen-bond donors (Lipinski definition) is 2. The number of aryl methyl sites for hydroxylation is 2. The second kappa shape index (κ2) is 8.96. The van der Waals surface area contributed by atoms with Crippen molar-refractivity contribution < 1.29 is 13.2 Å². The van der Waals surface area contributed by atoms with Crippen LogP contribution in [-0.2, 0) is 14.8 Å². The minimum Gasteiger partial charge on any atom is -0.354 e. The number of amides is 1. The summed E-state index contributed by atoms with van der Waals surface area (Å²) < 4.78 is 27.4. The Balaban J connectivity index is 1.91. The fourth-order valence-electron chi connectivity index (χ4n) is 2.83. The molecule has 0 saturated heterocycles. The van der Waals surface area contributed by atoms with Crippen LogP contribution in [0.5, 0.6) is 0 Å². The zero-order chi connectivity index (χ0) is 19.2. The standard InChI is InChI=1S/C20H26N2O3S/c1-4-18(17-8-6-5-7-9-17)20(23)21-12-13-22-26(24,25)19-14-15(2)10-11-16(19)3/h5-11,14,18,22H,4,12-13H2,1-3H3,(H,21,23). The third kappa shape index (κ3) is 5.16. The summed E-state index contributed by atoms with van der Waals surface area (Å²) in [6.45, 7) is 5.97. The largest absolute Gasteiger partial charge is 0.354 e. The van der Waals surface area contributed by atoms with Gasteiger partial charge in [0.05, 0.1) is 10.8 Å². The van der Waals surface area contributed by atoms with Crippen molar-refractivity contribution in [2.45, 2.75) is 38.0 Å². The summed E-state index contributed by atoms with van der Waals surface area (Å²) in [5.74, 6) is -0.323. The van der Waals surface area contributed by atoms with E-state index in [1.165, 1.54) is 0 Å². The summed E-state index contributed by atoms with van der Waals surface area (Å²) in [6.07, 6.45) is 0.685. The van der Waals surface area contributed by atoms with Crippen molar-refractivity contribution >= 4 is 15.9 Å². The maximum Gasteiger partial charge on any atom is 0.240 e. The summed E-state index contributed by atoms with van der Waals surface area (Å²) in [5.41, 5.74) is 2.55. The lowest BCUT2D eigenvalue weighted by molar-refractivity contribution is -0.122. The van der Waals surface area contributed by atoms with Crippen molar-refractivity contribution in [3.05, 3.63) is 65.2 Å². The van der Waals surface area contributed by atoms with Gasteiger partial charge in [0.25, 0.3) is 0 Å². The molecule has 2 rings (SSSR count). The molecule has 0 bridgehead atoms. The highest BCUT2D eigenvalue weighted by molar-refractivity contribution is 7.89. The van der Waals surface area contributed by atoms with Crippen molar-refractivity contribution in [1.29, 1.82) is 0 Å². The SMILES string of the molecule is CCC(C(=O)NCCNS(=O)(=O)c1cc(C)ccc1C)c1ccccc1. The van der Waals surface area contributed by atoms with Crippen LogP contribution in [0, 0.1) is 13.8 Å². The smallest absolute Gasteiger partial charge is 0.240 e. The first-order valence-corrected chi connectivity index (χ1v) is 10.2. The van der Waals surface area contributed by atoms with Crippen LogP contribution in [0.3, 0.4) is 0 Å². The Morgan fingerprint density at radius 3 is 2.38 bits per heavy atom. The van der Waals surface area contributed by atoms with Gasteiger partial charge >= 0.3 is 0 Å². The van der Waals surface area contributed by atoms with Gasteiger partial charge in [-0.15, -0.1) is 0 Å². The first kappa shape index (κ1) is 20.1. The van der Waals surface area contributed by atoms with E-state index < -0.39 is 10.0 Å². The maximum atomic E-state index is 12.4. The number of carbonyl (C=O) groups is 1. The Bertz CT molecular complexity index is 849. The van der Waals surface area contributed by atoms with Crippen molar-refractivity contribution in [1.82, 2.24) is 10.0 Å². The summed E-state index contributed by atoms with van der Waals surface area (Å²) in [7, 11) is -3.59. The fraction of sp³-hybridized carbons (Fsp3) is 0.350. The van der Waals surface area contributed by atoms with Crippen LogP contribution in [0.1, 0.15) is 36.0 Å². The van der Waals surface area contributed by atoms with Crippen LogP contribution >= 0.6 is 0 Å². The highest BCUT2D eigenvalue weighted by atomic mass is 32.2. The quantitative estimate of drug-likeness (QED) is 0.698. The monoisotopic (exact) mass is 374 g/mol. The van der Waals surface area contributed by atoms with Gasteiger partial charge in [-0.2, -0.15) is 0 Å². The summed E-state index contributed by atoms with van der Waals surface area (Å²) >= 11 is 0. The van der Waals surface area contributed by atoms with Crippen molar-refractivity contribution in [3.63, 3.8) is 0 Å². The Kier molecular flexibility index (Phi) is 6.94. The lowest BCUT2D eigenvalue weighted by Crippen LogP contribution is -2.37. The summed E-state index contributed by atoms with van der Waals surface area (Å²) in [4.78, 5) is 12.7. The summed E-state index contributed by atoms with van der Waals surface area (Å²) in [5, 5.41) is 2.82. The third-order valence-electron chi connectivity index (χ3n) is 4.28. The molecule has 0 saturated carbocycles. The molecule has 0 radical (unpaired) electrons. The molecule has 2 aromatic carbocycles. The highest BCUT2D eigenvalue weighted by Gasteiger charge is 2.19. The van der Waals surface area contributed by atoms with E-state index in [0.29, 0.717) is 12.0 Å².